The third-order valence-corrected chi connectivity index (χ3v) is 5.69. The number of para-hydroxylation sites is 1. The lowest BCUT2D eigenvalue weighted by atomic mass is 10.1. The van der Waals surface area contributed by atoms with Gasteiger partial charge >= 0.3 is 0 Å². The summed E-state index contributed by atoms with van der Waals surface area (Å²) in [7, 11) is 1.67. The van der Waals surface area contributed by atoms with E-state index >= 15 is 0 Å². The number of hydrogen-bond donors (Lipinski definition) is 1. The van der Waals surface area contributed by atoms with Crippen LogP contribution in [0.4, 0.5) is 5.82 Å². The second-order valence-electron chi connectivity index (χ2n) is 7.86. The lowest BCUT2D eigenvalue weighted by molar-refractivity contribution is 0.122. The number of anilines is 1. The molecule has 0 amide bonds. The number of nitrogens with zero attached hydrogens (tertiary/aromatic N) is 4. The van der Waals surface area contributed by atoms with Crippen molar-refractivity contribution in [3.63, 3.8) is 0 Å². The van der Waals surface area contributed by atoms with E-state index in [1.54, 1.807) is 7.11 Å². The Kier molecular flexibility index (Phi) is 6.00. The maximum atomic E-state index is 5.54. The Morgan fingerprint density at radius 2 is 1.91 bits per heavy atom. The van der Waals surface area contributed by atoms with Gasteiger partial charge in [-0.25, -0.2) is 9.67 Å². The molecule has 7 heteroatoms. The van der Waals surface area contributed by atoms with Gasteiger partial charge in [0.25, 0.3) is 0 Å². The molecule has 32 heavy (non-hydrogen) atoms. The van der Waals surface area contributed by atoms with Crippen LogP contribution in [0.1, 0.15) is 11.1 Å². The number of morpholine rings is 1. The monoisotopic (exact) mass is 429 g/mol. The molecule has 1 N–H and O–H groups in total. The van der Waals surface area contributed by atoms with Crippen molar-refractivity contribution >= 4 is 16.7 Å². The molecule has 5 rings (SSSR count). The van der Waals surface area contributed by atoms with Gasteiger partial charge in [-0.2, -0.15) is 5.10 Å². The summed E-state index contributed by atoms with van der Waals surface area (Å²) in [5.74, 6) is 1.86. The average Bonchev–Trinajstić information content (AvgIpc) is 3.33. The van der Waals surface area contributed by atoms with E-state index in [4.69, 9.17) is 14.5 Å². The number of fused-ring (bicyclic) bond motifs is 1. The summed E-state index contributed by atoms with van der Waals surface area (Å²) < 4.78 is 12.7. The highest BCUT2D eigenvalue weighted by Gasteiger charge is 2.17. The van der Waals surface area contributed by atoms with Crippen molar-refractivity contribution in [3.8, 4) is 11.4 Å². The second-order valence-corrected chi connectivity index (χ2v) is 7.86. The Morgan fingerprint density at radius 1 is 1.03 bits per heavy atom. The molecule has 0 saturated carbocycles. The van der Waals surface area contributed by atoms with E-state index < -0.39 is 0 Å². The van der Waals surface area contributed by atoms with E-state index in [-0.39, 0.29) is 0 Å². The van der Waals surface area contributed by atoms with Crippen LogP contribution in [0.3, 0.4) is 0 Å². The van der Waals surface area contributed by atoms with Crippen molar-refractivity contribution in [3.05, 3.63) is 78.1 Å². The Labute approximate surface area is 187 Å². The molecule has 7 nitrogen and oxygen atoms in total. The summed E-state index contributed by atoms with van der Waals surface area (Å²) in [5, 5.41) is 9.24. The van der Waals surface area contributed by atoms with Crippen molar-refractivity contribution in [2.75, 3.05) is 38.3 Å². The van der Waals surface area contributed by atoms with E-state index in [2.05, 4.69) is 39.6 Å². The van der Waals surface area contributed by atoms with Crippen LogP contribution in [0.15, 0.2) is 67.0 Å². The van der Waals surface area contributed by atoms with Crippen LogP contribution < -0.4 is 15.0 Å². The fourth-order valence-electron chi connectivity index (χ4n) is 4.02. The summed E-state index contributed by atoms with van der Waals surface area (Å²) in [4.78, 5) is 7.31. The van der Waals surface area contributed by atoms with Crippen LogP contribution in [0.5, 0.6) is 5.75 Å². The first-order valence-corrected chi connectivity index (χ1v) is 10.9. The number of pyridine rings is 1. The van der Waals surface area contributed by atoms with E-state index in [0.29, 0.717) is 0 Å². The van der Waals surface area contributed by atoms with Crippen LogP contribution in [0.25, 0.3) is 16.6 Å². The molecule has 0 bridgehead atoms. The third kappa shape index (κ3) is 4.44. The third-order valence-electron chi connectivity index (χ3n) is 5.69. The highest BCUT2D eigenvalue weighted by molar-refractivity contribution is 5.81. The minimum absolute atomic E-state index is 0.722. The summed E-state index contributed by atoms with van der Waals surface area (Å²) in [6, 6.07) is 18.4. The SMILES string of the molecule is COc1cccc(-n2cc(CNCc3cc4ccccc4nc3N3CCOCC3)cn2)c1. The molecule has 0 atom stereocenters. The van der Waals surface area contributed by atoms with Gasteiger partial charge in [0.2, 0.25) is 0 Å². The van der Waals surface area contributed by atoms with E-state index in [9.17, 15) is 0 Å². The first-order chi connectivity index (χ1) is 15.8. The van der Waals surface area contributed by atoms with E-state index in [0.717, 1.165) is 73.1 Å². The number of aromatic nitrogens is 3. The zero-order chi connectivity index (χ0) is 21.8. The van der Waals surface area contributed by atoms with Crippen LogP contribution in [-0.4, -0.2) is 48.2 Å². The highest BCUT2D eigenvalue weighted by atomic mass is 16.5. The van der Waals surface area contributed by atoms with Gasteiger partial charge in [-0.3, -0.25) is 0 Å². The molecule has 1 saturated heterocycles. The maximum absolute atomic E-state index is 5.54. The molecule has 2 aromatic carbocycles. The Morgan fingerprint density at radius 3 is 2.78 bits per heavy atom. The lowest BCUT2D eigenvalue weighted by Crippen LogP contribution is -2.37. The summed E-state index contributed by atoms with van der Waals surface area (Å²) in [5.41, 5.74) is 4.32. The van der Waals surface area contributed by atoms with Crippen molar-refractivity contribution in [2.24, 2.45) is 0 Å². The Bertz CT molecular complexity index is 1200. The quantitative estimate of drug-likeness (QED) is 0.485. The standard InChI is InChI=1S/C25H27N5O2/c1-31-23-7-4-6-22(14-23)30-18-19(16-27-30)15-26-17-21-13-20-5-2-3-8-24(20)28-25(21)29-9-11-32-12-10-29/h2-8,13-14,16,18,26H,9-12,15,17H2,1H3. The van der Waals surface area contributed by atoms with Gasteiger partial charge in [0, 0.05) is 55.0 Å². The van der Waals surface area contributed by atoms with Crippen molar-refractivity contribution in [1.82, 2.24) is 20.1 Å². The molecule has 0 radical (unpaired) electrons. The molecule has 0 spiro atoms. The van der Waals surface area contributed by atoms with Crippen molar-refractivity contribution < 1.29 is 9.47 Å². The van der Waals surface area contributed by atoms with E-state index in [1.807, 2.05) is 47.4 Å². The maximum Gasteiger partial charge on any atom is 0.133 e. The fraction of sp³-hybridized carbons (Fsp3) is 0.280. The predicted molar refractivity (Wildman–Crippen MR) is 125 cm³/mol. The van der Waals surface area contributed by atoms with Gasteiger partial charge in [-0.15, -0.1) is 0 Å². The minimum Gasteiger partial charge on any atom is -0.497 e. The molecule has 1 aliphatic heterocycles. The average molecular weight is 430 g/mol. The normalized spacial score (nSPS) is 14.1. The molecule has 1 aliphatic rings. The van der Waals surface area contributed by atoms with Crippen LogP contribution in [0.2, 0.25) is 0 Å². The number of methoxy groups -OCH3 is 1. The molecule has 164 valence electrons. The molecular weight excluding hydrogens is 402 g/mol. The number of ether oxygens (including phenoxy) is 2. The van der Waals surface area contributed by atoms with Gasteiger partial charge in [0.1, 0.15) is 11.6 Å². The zero-order valence-electron chi connectivity index (χ0n) is 18.2. The number of hydrogen-bond acceptors (Lipinski definition) is 6. The molecule has 0 unspecified atom stereocenters. The molecule has 3 heterocycles. The molecular formula is C25H27N5O2. The number of benzene rings is 2. The molecule has 2 aromatic heterocycles. The highest BCUT2D eigenvalue weighted by Crippen LogP contribution is 2.24. The van der Waals surface area contributed by atoms with Gasteiger partial charge in [-0.1, -0.05) is 24.3 Å². The van der Waals surface area contributed by atoms with Crippen LogP contribution >= 0.6 is 0 Å². The van der Waals surface area contributed by atoms with Gasteiger partial charge in [-0.05, 0) is 24.3 Å². The topological polar surface area (TPSA) is 64.4 Å². The van der Waals surface area contributed by atoms with E-state index in [1.165, 1.54) is 5.56 Å². The van der Waals surface area contributed by atoms with Gasteiger partial charge in [0.15, 0.2) is 0 Å². The zero-order valence-corrected chi connectivity index (χ0v) is 18.2. The first-order valence-electron chi connectivity index (χ1n) is 10.9. The summed E-state index contributed by atoms with van der Waals surface area (Å²) >= 11 is 0. The molecule has 0 aliphatic carbocycles. The first kappa shape index (κ1) is 20.5. The molecule has 1 fully saturated rings. The van der Waals surface area contributed by atoms with Crippen molar-refractivity contribution in [2.45, 2.75) is 13.1 Å². The lowest BCUT2D eigenvalue weighted by Gasteiger charge is -2.30. The molecule has 4 aromatic rings. The number of nitrogens with one attached hydrogen (secondary N) is 1. The Hall–Kier alpha value is -3.42. The van der Waals surface area contributed by atoms with Crippen LogP contribution in [0, 0.1) is 0 Å². The van der Waals surface area contributed by atoms with Gasteiger partial charge in [0.05, 0.1) is 37.7 Å². The second kappa shape index (κ2) is 9.38. The minimum atomic E-state index is 0.722. The largest absolute Gasteiger partial charge is 0.497 e. The smallest absolute Gasteiger partial charge is 0.133 e. The predicted octanol–water partition coefficient (Wildman–Crippen LogP) is 3.56. The van der Waals surface area contributed by atoms with Gasteiger partial charge < -0.3 is 19.7 Å². The van der Waals surface area contributed by atoms with Crippen LogP contribution in [-0.2, 0) is 17.8 Å². The Balaban J connectivity index is 1.31. The fourth-order valence-corrected chi connectivity index (χ4v) is 4.02. The summed E-state index contributed by atoms with van der Waals surface area (Å²) in [6.45, 7) is 4.67. The van der Waals surface area contributed by atoms with Crippen molar-refractivity contribution in [1.29, 1.82) is 0 Å². The number of rotatable bonds is 7. The summed E-state index contributed by atoms with van der Waals surface area (Å²) in [6.07, 6.45) is 3.94.